The lowest BCUT2D eigenvalue weighted by Crippen LogP contribution is -2.49. The van der Waals surface area contributed by atoms with Crippen molar-refractivity contribution < 1.29 is 18.3 Å². The van der Waals surface area contributed by atoms with Gasteiger partial charge >= 0.3 is 6.18 Å². The molecular weight excluding hydrogens is 209 g/mol. The zero-order valence-electron chi connectivity index (χ0n) is 8.04. The van der Waals surface area contributed by atoms with E-state index in [1.807, 2.05) is 0 Å². The number of nitrogens with one attached hydrogen (secondary N) is 1. The lowest BCUT2D eigenvalue weighted by atomic mass is 9.94. The number of alkyl halides is 3. The molecule has 0 amide bonds. The summed E-state index contributed by atoms with van der Waals surface area (Å²) in [6.45, 7) is -0.609. The molecule has 0 bridgehead atoms. The maximum atomic E-state index is 12.7. The molecule has 0 aromatic carbocycles. The second-order valence-electron chi connectivity index (χ2n) is 3.13. The summed E-state index contributed by atoms with van der Waals surface area (Å²) < 4.78 is 38.0. The van der Waals surface area contributed by atoms with E-state index in [9.17, 15) is 18.3 Å². The van der Waals surface area contributed by atoms with Crippen molar-refractivity contribution in [1.29, 1.82) is 0 Å². The molecular formula is C9H11F3N2O. The van der Waals surface area contributed by atoms with Gasteiger partial charge in [0.2, 0.25) is 0 Å². The molecule has 0 fully saturated rings. The monoisotopic (exact) mass is 220 g/mol. The van der Waals surface area contributed by atoms with Crippen molar-refractivity contribution in [2.45, 2.75) is 11.8 Å². The Morgan fingerprint density at radius 1 is 1.47 bits per heavy atom. The van der Waals surface area contributed by atoms with Crippen LogP contribution in [0.1, 0.15) is 5.56 Å². The highest BCUT2D eigenvalue weighted by Crippen LogP contribution is 2.37. The summed E-state index contributed by atoms with van der Waals surface area (Å²) in [6.07, 6.45) is -2.39. The predicted molar refractivity (Wildman–Crippen MR) is 48.1 cm³/mol. The minimum atomic E-state index is -4.74. The zero-order chi connectivity index (χ0) is 11.5. The van der Waals surface area contributed by atoms with Crippen LogP contribution in [0.4, 0.5) is 13.2 Å². The average molecular weight is 220 g/mol. The quantitative estimate of drug-likeness (QED) is 0.800. The number of halogens is 3. The third kappa shape index (κ3) is 2.27. The molecule has 0 saturated carbocycles. The van der Waals surface area contributed by atoms with E-state index in [1.54, 1.807) is 0 Å². The highest BCUT2D eigenvalue weighted by molar-refractivity contribution is 5.21. The number of hydrogen-bond donors (Lipinski definition) is 2. The van der Waals surface area contributed by atoms with Crippen LogP contribution in [0, 0.1) is 0 Å². The molecule has 0 aliphatic carbocycles. The summed E-state index contributed by atoms with van der Waals surface area (Å²) in [5.74, 6) is 0. The fourth-order valence-corrected chi connectivity index (χ4v) is 1.23. The van der Waals surface area contributed by atoms with Crippen LogP contribution in [0.5, 0.6) is 0 Å². The summed E-state index contributed by atoms with van der Waals surface area (Å²) in [5.41, 5.74) is -3.16. The van der Waals surface area contributed by atoms with Gasteiger partial charge < -0.3 is 10.4 Å². The van der Waals surface area contributed by atoms with E-state index in [4.69, 9.17) is 0 Å². The molecule has 15 heavy (non-hydrogen) atoms. The number of aromatic nitrogens is 1. The third-order valence-electron chi connectivity index (χ3n) is 2.04. The highest BCUT2D eigenvalue weighted by Gasteiger charge is 2.54. The normalized spacial score (nSPS) is 16.1. The fraction of sp³-hybridized carbons (Fsp3) is 0.444. The Balaban J connectivity index is 3.13. The van der Waals surface area contributed by atoms with E-state index in [2.05, 4.69) is 10.3 Å². The summed E-state index contributed by atoms with van der Waals surface area (Å²) >= 11 is 0. The van der Waals surface area contributed by atoms with E-state index < -0.39 is 18.3 Å². The van der Waals surface area contributed by atoms with Crippen molar-refractivity contribution in [2.75, 3.05) is 13.6 Å². The Bertz CT molecular complexity index is 315. The molecule has 1 unspecified atom stereocenters. The molecule has 84 valence electrons. The first-order valence-electron chi connectivity index (χ1n) is 4.26. The molecule has 0 radical (unpaired) electrons. The topological polar surface area (TPSA) is 45.1 Å². The van der Waals surface area contributed by atoms with E-state index in [0.717, 1.165) is 6.20 Å². The highest BCUT2D eigenvalue weighted by atomic mass is 19.4. The third-order valence-corrected chi connectivity index (χ3v) is 2.04. The Morgan fingerprint density at radius 3 is 2.53 bits per heavy atom. The summed E-state index contributed by atoms with van der Waals surface area (Å²) in [5, 5.41) is 11.9. The van der Waals surface area contributed by atoms with Crippen molar-refractivity contribution in [2.24, 2.45) is 0 Å². The number of nitrogens with zero attached hydrogens (tertiary/aromatic N) is 1. The first-order chi connectivity index (χ1) is 6.92. The van der Waals surface area contributed by atoms with Gasteiger partial charge in [0.1, 0.15) is 0 Å². The first kappa shape index (κ1) is 11.9. The molecule has 0 spiro atoms. The lowest BCUT2D eigenvalue weighted by molar-refractivity contribution is -0.264. The SMILES string of the molecule is CNCC(O)(c1cccnc1)C(F)(F)F. The van der Waals surface area contributed by atoms with Gasteiger partial charge in [-0.05, 0) is 13.1 Å². The van der Waals surface area contributed by atoms with Crippen LogP contribution in [-0.2, 0) is 5.60 Å². The largest absolute Gasteiger partial charge is 0.422 e. The Morgan fingerprint density at radius 2 is 2.13 bits per heavy atom. The molecule has 1 aromatic rings. The summed E-state index contributed by atoms with van der Waals surface area (Å²) in [6, 6.07) is 2.54. The molecule has 1 atom stereocenters. The van der Waals surface area contributed by atoms with Crippen LogP contribution >= 0.6 is 0 Å². The van der Waals surface area contributed by atoms with Gasteiger partial charge in [-0.25, -0.2) is 0 Å². The van der Waals surface area contributed by atoms with Gasteiger partial charge in [0, 0.05) is 24.5 Å². The van der Waals surface area contributed by atoms with Gasteiger partial charge in [0.25, 0.3) is 0 Å². The van der Waals surface area contributed by atoms with Gasteiger partial charge in [-0.2, -0.15) is 13.2 Å². The van der Waals surface area contributed by atoms with Crippen LogP contribution in [0.2, 0.25) is 0 Å². The standard InChI is InChI=1S/C9H11F3N2O/c1-13-6-8(15,9(10,11)12)7-3-2-4-14-5-7/h2-5,13,15H,6H2,1H3. The van der Waals surface area contributed by atoms with Gasteiger partial charge in [-0.15, -0.1) is 0 Å². The average Bonchev–Trinajstić information content (AvgIpc) is 2.18. The number of pyridine rings is 1. The van der Waals surface area contributed by atoms with E-state index >= 15 is 0 Å². The lowest BCUT2D eigenvalue weighted by Gasteiger charge is -2.30. The Kier molecular flexibility index (Phi) is 3.31. The molecule has 6 heteroatoms. The number of likely N-dealkylation sites (N-methyl/N-ethyl adjacent to an activating group) is 1. The molecule has 3 nitrogen and oxygen atoms in total. The smallest absolute Gasteiger partial charge is 0.375 e. The van der Waals surface area contributed by atoms with Crippen LogP contribution in [0.3, 0.4) is 0 Å². The van der Waals surface area contributed by atoms with Crippen molar-refractivity contribution in [3.63, 3.8) is 0 Å². The predicted octanol–water partition coefficient (Wildman–Crippen LogP) is 1.05. The molecule has 0 aliphatic rings. The number of aliphatic hydroxyl groups is 1. The van der Waals surface area contributed by atoms with Gasteiger partial charge in [0.05, 0.1) is 0 Å². The van der Waals surface area contributed by atoms with Crippen LogP contribution in [-0.4, -0.2) is 29.9 Å². The molecule has 1 heterocycles. The Labute approximate surface area is 85.0 Å². The minimum absolute atomic E-state index is 0.271. The molecule has 2 N–H and O–H groups in total. The van der Waals surface area contributed by atoms with Crippen LogP contribution < -0.4 is 5.32 Å². The van der Waals surface area contributed by atoms with Crippen LogP contribution in [0.15, 0.2) is 24.5 Å². The fourth-order valence-electron chi connectivity index (χ4n) is 1.23. The molecule has 1 rings (SSSR count). The summed E-state index contributed by atoms with van der Waals surface area (Å²) in [7, 11) is 1.34. The molecule has 0 saturated heterocycles. The number of rotatable bonds is 3. The van der Waals surface area contributed by atoms with Crippen LogP contribution in [0.25, 0.3) is 0 Å². The van der Waals surface area contributed by atoms with Gasteiger partial charge in [0.15, 0.2) is 5.60 Å². The van der Waals surface area contributed by atoms with Crippen molar-refractivity contribution in [3.8, 4) is 0 Å². The van der Waals surface area contributed by atoms with E-state index in [-0.39, 0.29) is 5.56 Å². The van der Waals surface area contributed by atoms with Gasteiger partial charge in [-0.3, -0.25) is 4.98 Å². The maximum Gasteiger partial charge on any atom is 0.422 e. The van der Waals surface area contributed by atoms with Crippen molar-refractivity contribution in [1.82, 2.24) is 10.3 Å². The molecule has 0 aliphatic heterocycles. The van der Waals surface area contributed by atoms with Crippen molar-refractivity contribution >= 4 is 0 Å². The maximum absolute atomic E-state index is 12.7. The summed E-state index contributed by atoms with van der Waals surface area (Å²) in [4.78, 5) is 3.56. The van der Waals surface area contributed by atoms with E-state index in [0.29, 0.717) is 0 Å². The van der Waals surface area contributed by atoms with Crippen molar-refractivity contribution in [3.05, 3.63) is 30.1 Å². The zero-order valence-corrected chi connectivity index (χ0v) is 8.04. The number of hydrogen-bond acceptors (Lipinski definition) is 3. The Hall–Kier alpha value is -1.14. The minimum Gasteiger partial charge on any atom is -0.375 e. The van der Waals surface area contributed by atoms with E-state index in [1.165, 1.54) is 25.4 Å². The molecule has 1 aromatic heterocycles. The second-order valence-corrected chi connectivity index (χ2v) is 3.13. The van der Waals surface area contributed by atoms with Gasteiger partial charge in [-0.1, -0.05) is 6.07 Å². The first-order valence-corrected chi connectivity index (χ1v) is 4.26. The second kappa shape index (κ2) is 4.16.